The molecule has 86 valence electrons. The molecule has 0 amide bonds. The second kappa shape index (κ2) is 3.36. The van der Waals surface area contributed by atoms with E-state index in [2.05, 4.69) is 15.0 Å². The van der Waals surface area contributed by atoms with E-state index in [1.54, 1.807) is 12.1 Å². The molecule has 0 aliphatic carbocycles. The van der Waals surface area contributed by atoms with Crippen LogP contribution in [0.1, 0.15) is 0 Å². The molecule has 0 saturated carbocycles. The smallest absolute Gasteiger partial charge is 0.326 e. The maximum atomic E-state index is 11.0. The first-order valence-corrected chi connectivity index (χ1v) is 5.63. The molecule has 1 aromatic carbocycles. The summed E-state index contributed by atoms with van der Waals surface area (Å²) in [6.07, 6.45) is 0. The molecule has 3 rings (SSSR count). The predicted molar refractivity (Wildman–Crippen MR) is 66.1 cm³/mol. The summed E-state index contributed by atoms with van der Waals surface area (Å²) in [5, 5.41) is 10.0. The van der Waals surface area contributed by atoms with Gasteiger partial charge in [0, 0.05) is 5.56 Å². The summed E-state index contributed by atoms with van der Waals surface area (Å²) in [6, 6.07) is 5.41. The lowest BCUT2D eigenvalue weighted by atomic mass is 10.1. The first kappa shape index (κ1) is 9.91. The molecule has 3 aromatic rings. The van der Waals surface area contributed by atoms with Gasteiger partial charge in [-0.3, -0.25) is 4.98 Å². The normalized spacial score (nSPS) is 11.1. The third-order valence-corrected chi connectivity index (χ3v) is 3.27. The molecule has 0 spiro atoms. The summed E-state index contributed by atoms with van der Waals surface area (Å²) < 4.78 is 0.962. The van der Waals surface area contributed by atoms with E-state index in [9.17, 15) is 9.90 Å². The highest BCUT2D eigenvalue weighted by Gasteiger charge is 2.10. The van der Waals surface area contributed by atoms with E-state index in [0.717, 1.165) is 10.2 Å². The minimum Gasteiger partial charge on any atom is -0.493 e. The number of anilines is 1. The molecule has 0 aliphatic rings. The van der Waals surface area contributed by atoms with Crippen molar-refractivity contribution in [1.29, 1.82) is 0 Å². The summed E-state index contributed by atoms with van der Waals surface area (Å²) in [5.74, 6) is -0.183. The number of aromatic amines is 2. The highest BCUT2D eigenvalue weighted by Crippen LogP contribution is 2.30. The Morgan fingerprint density at radius 1 is 1.35 bits per heavy atom. The quantitative estimate of drug-likeness (QED) is 0.520. The van der Waals surface area contributed by atoms with Crippen LogP contribution >= 0.6 is 11.3 Å². The number of hydrogen-bond acceptors (Lipinski definition) is 5. The number of nitrogens with one attached hydrogen (secondary N) is 2. The summed E-state index contributed by atoms with van der Waals surface area (Å²) in [7, 11) is 0. The number of thiazole rings is 1. The van der Waals surface area contributed by atoms with Crippen LogP contribution in [0, 0.1) is 0 Å². The van der Waals surface area contributed by atoms with Crippen molar-refractivity contribution >= 4 is 26.7 Å². The zero-order valence-corrected chi connectivity index (χ0v) is 9.34. The fourth-order valence-corrected chi connectivity index (χ4v) is 2.40. The Labute approximate surface area is 98.8 Å². The molecule has 6 nitrogen and oxygen atoms in total. The maximum absolute atomic E-state index is 11.0. The zero-order chi connectivity index (χ0) is 12.0. The van der Waals surface area contributed by atoms with Gasteiger partial charge in [0.25, 0.3) is 0 Å². The maximum Gasteiger partial charge on any atom is 0.326 e. The number of benzene rings is 1. The number of nitrogen functional groups attached to an aromatic ring is 1. The van der Waals surface area contributed by atoms with Gasteiger partial charge in [-0.2, -0.15) is 0 Å². The summed E-state index contributed by atoms with van der Waals surface area (Å²) in [6.45, 7) is 0. The predicted octanol–water partition coefficient (Wildman–Crippen LogP) is 1.27. The van der Waals surface area contributed by atoms with E-state index in [-0.39, 0.29) is 5.88 Å². The van der Waals surface area contributed by atoms with E-state index in [1.165, 1.54) is 11.3 Å². The van der Waals surface area contributed by atoms with Crippen molar-refractivity contribution in [2.24, 2.45) is 0 Å². The van der Waals surface area contributed by atoms with Gasteiger partial charge < -0.3 is 15.8 Å². The van der Waals surface area contributed by atoms with Gasteiger partial charge in [0.05, 0.1) is 10.2 Å². The van der Waals surface area contributed by atoms with E-state index in [4.69, 9.17) is 5.73 Å². The molecule has 0 aliphatic heterocycles. The van der Waals surface area contributed by atoms with Crippen LogP contribution in [0.5, 0.6) is 5.88 Å². The number of nitrogens with zero attached hydrogens (tertiary/aromatic N) is 1. The van der Waals surface area contributed by atoms with Crippen molar-refractivity contribution in [3.63, 3.8) is 0 Å². The molecule has 5 N–H and O–H groups in total. The topological polar surface area (TPSA) is 108 Å². The number of H-pyrrole nitrogens is 2. The van der Waals surface area contributed by atoms with Crippen molar-refractivity contribution in [1.82, 2.24) is 15.0 Å². The van der Waals surface area contributed by atoms with Gasteiger partial charge in [-0.25, -0.2) is 9.78 Å². The molecule has 7 heteroatoms. The first-order chi connectivity index (χ1) is 8.13. The van der Waals surface area contributed by atoms with Crippen LogP contribution in [0.3, 0.4) is 0 Å². The molecule has 2 aromatic heterocycles. The summed E-state index contributed by atoms with van der Waals surface area (Å²) >= 11 is 1.39. The Hall–Kier alpha value is -2.28. The minimum atomic E-state index is -0.449. The highest BCUT2D eigenvalue weighted by atomic mass is 32.1. The Morgan fingerprint density at radius 3 is 2.88 bits per heavy atom. The molecule has 0 saturated heterocycles. The molecule has 0 radical (unpaired) electrons. The van der Waals surface area contributed by atoms with Crippen molar-refractivity contribution < 1.29 is 5.11 Å². The number of aromatic hydroxyl groups is 1. The molecular weight excluding hydrogens is 240 g/mol. The van der Waals surface area contributed by atoms with Gasteiger partial charge in [-0.1, -0.05) is 17.4 Å². The minimum absolute atomic E-state index is 0.183. The number of hydrogen-bond donors (Lipinski definition) is 4. The van der Waals surface area contributed by atoms with Gasteiger partial charge in [-0.15, -0.1) is 0 Å². The second-order valence-electron chi connectivity index (χ2n) is 3.54. The van der Waals surface area contributed by atoms with Crippen LogP contribution in [0.15, 0.2) is 23.0 Å². The largest absolute Gasteiger partial charge is 0.493 e. The van der Waals surface area contributed by atoms with Gasteiger partial charge in [-0.05, 0) is 12.1 Å². The van der Waals surface area contributed by atoms with E-state index in [1.807, 2.05) is 6.07 Å². The molecule has 17 heavy (non-hydrogen) atoms. The Kier molecular flexibility index (Phi) is 1.96. The second-order valence-corrected chi connectivity index (χ2v) is 4.60. The Bertz CT molecular complexity index is 755. The first-order valence-electron chi connectivity index (χ1n) is 4.81. The van der Waals surface area contributed by atoms with Crippen LogP contribution in [-0.4, -0.2) is 20.1 Å². The third-order valence-electron chi connectivity index (χ3n) is 2.40. The molecule has 0 unspecified atom stereocenters. The van der Waals surface area contributed by atoms with E-state index < -0.39 is 5.69 Å². The molecule has 0 bridgehead atoms. The fraction of sp³-hybridized carbons (Fsp3) is 0. The van der Waals surface area contributed by atoms with Crippen molar-refractivity contribution in [3.05, 3.63) is 28.7 Å². The fourth-order valence-electron chi connectivity index (χ4n) is 1.68. The SMILES string of the molecule is Nc1nc2cc(-c3[nH]c(=O)[nH]c3O)ccc2s1. The Morgan fingerprint density at radius 2 is 2.18 bits per heavy atom. The number of fused-ring (bicyclic) bond motifs is 1. The molecule has 0 atom stereocenters. The third kappa shape index (κ3) is 1.56. The summed E-state index contributed by atoms with van der Waals surface area (Å²) in [5.41, 5.74) is 6.93. The van der Waals surface area contributed by atoms with Crippen molar-refractivity contribution in [2.45, 2.75) is 0 Å². The highest BCUT2D eigenvalue weighted by molar-refractivity contribution is 7.22. The van der Waals surface area contributed by atoms with E-state index in [0.29, 0.717) is 16.4 Å². The lowest BCUT2D eigenvalue weighted by Crippen LogP contribution is -1.99. The number of aromatic nitrogens is 3. The van der Waals surface area contributed by atoms with Gasteiger partial charge in [0.2, 0.25) is 5.88 Å². The molecule has 0 fully saturated rings. The monoisotopic (exact) mass is 248 g/mol. The van der Waals surface area contributed by atoms with E-state index >= 15 is 0 Å². The summed E-state index contributed by atoms with van der Waals surface area (Å²) in [4.78, 5) is 20.0. The van der Waals surface area contributed by atoms with Crippen LogP contribution in [0.4, 0.5) is 5.13 Å². The Balaban J connectivity index is 2.23. The average Bonchev–Trinajstić information content (AvgIpc) is 2.78. The van der Waals surface area contributed by atoms with Crippen LogP contribution in [0.25, 0.3) is 21.5 Å². The number of imidazole rings is 1. The lowest BCUT2D eigenvalue weighted by Gasteiger charge is -1.97. The van der Waals surface area contributed by atoms with Gasteiger partial charge in [0.15, 0.2) is 5.13 Å². The van der Waals surface area contributed by atoms with Crippen LogP contribution in [0.2, 0.25) is 0 Å². The van der Waals surface area contributed by atoms with Crippen molar-refractivity contribution in [2.75, 3.05) is 5.73 Å². The number of rotatable bonds is 1. The van der Waals surface area contributed by atoms with Crippen molar-refractivity contribution in [3.8, 4) is 17.1 Å². The van der Waals surface area contributed by atoms with Gasteiger partial charge in [0.1, 0.15) is 5.69 Å². The number of nitrogens with two attached hydrogens (primary N) is 1. The average molecular weight is 248 g/mol. The standard InChI is InChI=1S/C10H8N4O2S/c11-9-12-5-3-4(1-2-6(5)17-9)7-8(15)14-10(16)13-7/h1-3,15H,(H2,11,12)(H2,13,14,16). The zero-order valence-electron chi connectivity index (χ0n) is 8.52. The van der Waals surface area contributed by atoms with Crippen LogP contribution in [-0.2, 0) is 0 Å². The molecular formula is C10H8N4O2S. The molecule has 2 heterocycles. The van der Waals surface area contributed by atoms with Crippen LogP contribution < -0.4 is 11.4 Å². The lowest BCUT2D eigenvalue weighted by molar-refractivity contribution is 0.457. The van der Waals surface area contributed by atoms with Gasteiger partial charge >= 0.3 is 5.69 Å².